The lowest BCUT2D eigenvalue weighted by Gasteiger charge is -2.34. The molecule has 6 bridgehead atoms. The molecule has 0 spiro atoms. The van der Waals surface area contributed by atoms with Crippen molar-refractivity contribution < 1.29 is 27.8 Å². The maximum Gasteiger partial charge on any atom is 0.508 e. The molecule has 11 nitrogen and oxygen atoms in total. The molecule has 4 aliphatic rings. The summed E-state index contributed by atoms with van der Waals surface area (Å²) >= 11 is 6.74. The number of H-pyrrole nitrogens is 1. The first-order chi connectivity index (χ1) is 21.9. The molecule has 14 heteroatoms. The number of fused-ring (bicyclic) bond motifs is 7. The number of halogens is 3. The number of pyridine rings is 1. The summed E-state index contributed by atoms with van der Waals surface area (Å²) in [6, 6.07) is 1.91. The van der Waals surface area contributed by atoms with Crippen LogP contribution in [0.15, 0.2) is 18.5 Å². The molecule has 7 heterocycles. The first kappa shape index (κ1) is 29.8. The van der Waals surface area contributed by atoms with E-state index in [1.165, 1.54) is 6.20 Å². The fraction of sp³-hybridized carbons (Fsp3) is 0.516. The molecule has 1 aromatic carbocycles. The van der Waals surface area contributed by atoms with Gasteiger partial charge in [0, 0.05) is 34.8 Å². The van der Waals surface area contributed by atoms with Crippen molar-refractivity contribution >= 4 is 45.4 Å². The van der Waals surface area contributed by atoms with Gasteiger partial charge in [-0.05, 0) is 70.2 Å². The van der Waals surface area contributed by atoms with E-state index >= 15 is 4.39 Å². The van der Waals surface area contributed by atoms with Gasteiger partial charge in [0.15, 0.2) is 11.4 Å². The molecular weight excluding hydrogens is 608 g/mol. The molecule has 0 amide bonds. The molecule has 238 valence electrons. The van der Waals surface area contributed by atoms with E-state index in [4.69, 9.17) is 30.8 Å². The summed E-state index contributed by atoms with van der Waals surface area (Å²) in [7, 11) is 2.04. The zero-order valence-electron chi connectivity index (χ0n) is 25.0. The molecule has 2 fully saturated rings. The highest BCUT2D eigenvalue weighted by atomic mass is 35.5. The second kappa shape index (κ2) is 12.2. The minimum Gasteiger partial charge on any atom is -0.462 e. The monoisotopic (exact) mass is 641 g/mol. The zero-order valence-corrected chi connectivity index (χ0v) is 25.7. The summed E-state index contributed by atoms with van der Waals surface area (Å²) in [4.78, 5) is 30.8. The zero-order chi connectivity index (χ0) is 31.1. The van der Waals surface area contributed by atoms with Crippen LogP contribution < -0.4 is 9.64 Å². The van der Waals surface area contributed by atoms with Crippen molar-refractivity contribution in [3.63, 3.8) is 0 Å². The molecule has 2 saturated heterocycles. The highest BCUT2D eigenvalue weighted by molar-refractivity contribution is 6.33. The Morgan fingerprint density at radius 3 is 2.89 bits per heavy atom. The molecule has 3 aromatic heterocycles. The molecule has 4 aliphatic heterocycles. The Hall–Kier alpha value is -3.84. The van der Waals surface area contributed by atoms with Gasteiger partial charge in [-0.25, -0.2) is 13.6 Å². The number of nitrogens with zero attached hydrogens (tertiary/aromatic N) is 6. The highest BCUT2D eigenvalue weighted by Gasteiger charge is 2.40. The van der Waals surface area contributed by atoms with Crippen LogP contribution in [0.4, 0.5) is 19.4 Å². The Kier molecular flexibility index (Phi) is 8.07. The van der Waals surface area contributed by atoms with Crippen molar-refractivity contribution in [3.05, 3.63) is 34.9 Å². The first-order valence-corrected chi connectivity index (χ1v) is 15.7. The van der Waals surface area contributed by atoms with E-state index in [0.717, 1.165) is 19.4 Å². The maximum absolute atomic E-state index is 16.9. The average molecular weight is 642 g/mol. The number of hydrogen-bond acceptors (Lipinski definition) is 10. The predicted octanol–water partition coefficient (Wildman–Crippen LogP) is 5.63. The van der Waals surface area contributed by atoms with Crippen LogP contribution >= 0.6 is 11.6 Å². The third kappa shape index (κ3) is 5.60. The van der Waals surface area contributed by atoms with Gasteiger partial charge in [0.25, 0.3) is 0 Å². The minimum absolute atomic E-state index is 0.00190. The molecule has 0 saturated carbocycles. The summed E-state index contributed by atoms with van der Waals surface area (Å²) in [5.74, 6) is -0.331. The number of hydrogen-bond donors (Lipinski definition) is 1. The van der Waals surface area contributed by atoms with Crippen molar-refractivity contribution in [1.82, 2.24) is 30.0 Å². The number of carbonyl (C=O) groups is 1. The summed E-state index contributed by atoms with van der Waals surface area (Å²) < 4.78 is 48.9. The summed E-state index contributed by atoms with van der Waals surface area (Å²) in [5.41, 5.74) is 0.317. The molecule has 4 aromatic rings. The third-order valence-electron chi connectivity index (χ3n) is 9.18. The maximum atomic E-state index is 16.9. The number of rotatable bonds is 4. The van der Waals surface area contributed by atoms with Gasteiger partial charge in [0.05, 0.1) is 30.3 Å². The molecule has 1 N–H and O–H groups in total. The smallest absolute Gasteiger partial charge is 0.462 e. The number of carbonyl (C=O) groups excluding carboxylic acids is 1. The van der Waals surface area contributed by atoms with Crippen molar-refractivity contribution in [2.24, 2.45) is 0 Å². The lowest BCUT2D eigenvalue weighted by molar-refractivity contribution is -0.0467. The van der Waals surface area contributed by atoms with Crippen molar-refractivity contribution in [2.45, 2.75) is 56.6 Å². The summed E-state index contributed by atoms with van der Waals surface area (Å²) in [6.07, 6.45) is 6.51. The van der Waals surface area contributed by atoms with Crippen LogP contribution in [0.2, 0.25) is 5.02 Å². The lowest BCUT2D eigenvalue weighted by Crippen LogP contribution is -2.47. The lowest BCUT2D eigenvalue weighted by atomic mass is 9.95. The van der Waals surface area contributed by atoms with Crippen molar-refractivity contribution in [3.8, 4) is 17.3 Å². The van der Waals surface area contributed by atoms with Crippen LogP contribution in [0.25, 0.3) is 33.1 Å². The Morgan fingerprint density at radius 2 is 2.07 bits per heavy atom. The molecule has 0 radical (unpaired) electrons. The van der Waals surface area contributed by atoms with E-state index in [-0.39, 0.29) is 36.4 Å². The SMILES string of the molecule is CN1CCC[C@H]1COc1nc2c3cnc(c(F)c3n1)-c1c(c(Cl)cc3[nH]ncc13)CCCOC(=O)O[C@]1(CF)CCCCN2C1. The third-order valence-corrected chi connectivity index (χ3v) is 9.52. The number of benzene rings is 1. The molecule has 45 heavy (non-hydrogen) atoms. The number of nitrogens with one attached hydrogen (secondary N) is 1. The number of aromatic nitrogens is 5. The molecule has 2 atom stereocenters. The highest BCUT2D eigenvalue weighted by Crippen LogP contribution is 2.40. The Bertz CT molecular complexity index is 1760. The number of anilines is 1. The van der Waals surface area contributed by atoms with Gasteiger partial charge in [0.2, 0.25) is 0 Å². The number of ether oxygens (including phenoxy) is 3. The van der Waals surface area contributed by atoms with Crippen LogP contribution in [0.1, 0.15) is 44.1 Å². The van der Waals surface area contributed by atoms with E-state index in [0.29, 0.717) is 83.5 Å². The fourth-order valence-electron chi connectivity index (χ4n) is 6.75. The first-order valence-electron chi connectivity index (χ1n) is 15.4. The van der Waals surface area contributed by atoms with Crippen LogP contribution in [-0.4, -0.2) is 94.4 Å². The van der Waals surface area contributed by atoms with Gasteiger partial charge >= 0.3 is 12.2 Å². The van der Waals surface area contributed by atoms with Crippen molar-refractivity contribution in [2.75, 3.05) is 51.5 Å². The van der Waals surface area contributed by atoms with E-state index in [9.17, 15) is 9.18 Å². The Labute approximate surface area is 263 Å². The number of likely N-dealkylation sites (tertiary alicyclic amines) is 1. The normalized spacial score (nSPS) is 22.9. The topological polar surface area (TPSA) is 119 Å². The molecule has 0 unspecified atom stereocenters. The quantitative estimate of drug-likeness (QED) is 0.281. The van der Waals surface area contributed by atoms with Crippen molar-refractivity contribution in [1.29, 1.82) is 0 Å². The van der Waals surface area contributed by atoms with Crippen LogP contribution in [0.3, 0.4) is 0 Å². The molecule has 8 rings (SSSR count). The largest absolute Gasteiger partial charge is 0.508 e. The fourth-order valence-corrected chi connectivity index (χ4v) is 7.04. The number of aromatic amines is 1. The van der Waals surface area contributed by atoms with Crippen LogP contribution in [0.5, 0.6) is 6.01 Å². The standard InChI is InChI=1S/C31H34ClF2N7O4/c1-40-9-4-6-18(40)15-44-29-37-26-21-13-35-27(25(26)34)24-19(22(32)12-23-20(24)14-36-39-23)7-5-11-43-30(42)45-31(16-33)8-2-3-10-41(17-31)28(21)38-29/h12-14,18H,2-11,15-17H2,1H3,(H,36,39)/t18-,31-/m0/s1. The van der Waals surface area contributed by atoms with Gasteiger partial charge in [-0.15, -0.1) is 0 Å². The molecular formula is C31H34ClF2N7O4. The van der Waals surface area contributed by atoms with E-state index in [1.807, 2.05) is 11.9 Å². The van der Waals surface area contributed by atoms with Gasteiger partial charge in [-0.1, -0.05) is 11.6 Å². The molecule has 0 aliphatic carbocycles. The Balaban J connectivity index is 1.43. The van der Waals surface area contributed by atoms with Gasteiger partial charge in [-0.2, -0.15) is 15.1 Å². The number of likely N-dealkylation sites (N-methyl/N-ethyl adjacent to an activating group) is 1. The van der Waals surface area contributed by atoms with Crippen LogP contribution in [-0.2, 0) is 15.9 Å². The summed E-state index contributed by atoms with van der Waals surface area (Å²) in [5, 5.41) is 8.42. The van der Waals surface area contributed by atoms with E-state index < -0.39 is 24.2 Å². The predicted molar refractivity (Wildman–Crippen MR) is 164 cm³/mol. The van der Waals surface area contributed by atoms with E-state index in [1.54, 1.807) is 12.3 Å². The Morgan fingerprint density at radius 1 is 1.18 bits per heavy atom. The average Bonchev–Trinajstić information content (AvgIpc) is 3.61. The second-order valence-electron chi connectivity index (χ2n) is 12.1. The van der Waals surface area contributed by atoms with E-state index in [2.05, 4.69) is 25.1 Å². The van der Waals surface area contributed by atoms with Crippen LogP contribution in [0, 0.1) is 5.82 Å². The summed E-state index contributed by atoms with van der Waals surface area (Å²) in [6.45, 7) is 0.838. The minimum atomic E-state index is -1.47. The van der Waals surface area contributed by atoms with Gasteiger partial charge in [0.1, 0.15) is 30.3 Å². The van der Waals surface area contributed by atoms with Gasteiger partial charge < -0.3 is 24.0 Å². The number of alkyl halides is 1. The van der Waals surface area contributed by atoms with Gasteiger partial charge in [-0.3, -0.25) is 10.1 Å². The second-order valence-corrected chi connectivity index (χ2v) is 12.6.